The summed E-state index contributed by atoms with van der Waals surface area (Å²) in [5.74, 6) is 0.857. The Labute approximate surface area is 229 Å². The van der Waals surface area contributed by atoms with Gasteiger partial charge in [-0.1, -0.05) is 48.5 Å². The van der Waals surface area contributed by atoms with Gasteiger partial charge in [0.15, 0.2) is 0 Å². The minimum Gasteiger partial charge on any atom is -0.492 e. The molecule has 0 atom stereocenters. The molecular weight excluding hydrogens is 500 g/mol. The number of para-hydroxylation sites is 2. The van der Waals surface area contributed by atoms with Gasteiger partial charge in [-0.3, -0.25) is 4.90 Å². The largest absolute Gasteiger partial charge is 0.492 e. The number of halogens is 1. The minimum absolute atomic E-state index is 0. The highest BCUT2D eigenvalue weighted by Gasteiger charge is 2.17. The van der Waals surface area contributed by atoms with Crippen LogP contribution in [-0.4, -0.2) is 65.1 Å². The van der Waals surface area contributed by atoms with Crippen molar-refractivity contribution in [2.45, 2.75) is 13.1 Å². The topological polar surface area (TPSA) is 67.6 Å². The van der Waals surface area contributed by atoms with Crippen LogP contribution in [0.5, 0.6) is 5.75 Å². The highest BCUT2D eigenvalue weighted by molar-refractivity contribution is 5.85. The van der Waals surface area contributed by atoms with Gasteiger partial charge in [0.2, 0.25) is 0 Å². The van der Waals surface area contributed by atoms with Crippen LogP contribution in [0, 0.1) is 0 Å². The molecule has 8 nitrogen and oxygen atoms in total. The van der Waals surface area contributed by atoms with E-state index >= 15 is 0 Å². The van der Waals surface area contributed by atoms with Gasteiger partial charge in [0.25, 0.3) is 0 Å². The van der Waals surface area contributed by atoms with E-state index in [2.05, 4.69) is 62.7 Å². The van der Waals surface area contributed by atoms with E-state index in [9.17, 15) is 4.79 Å². The third kappa shape index (κ3) is 7.25. The number of benzene rings is 3. The smallest absolute Gasteiger partial charge is 0.350 e. The van der Waals surface area contributed by atoms with E-state index in [0.29, 0.717) is 26.2 Å². The first-order valence-electron chi connectivity index (χ1n) is 12.9. The van der Waals surface area contributed by atoms with Crippen LogP contribution < -0.4 is 20.6 Å². The summed E-state index contributed by atoms with van der Waals surface area (Å²) < 4.78 is 8.76. The van der Waals surface area contributed by atoms with Crippen LogP contribution >= 0.6 is 12.4 Å². The van der Waals surface area contributed by atoms with E-state index in [0.717, 1.165) is 44.2 Å². The molecule has 0 amide bonds. The molecule has 0 saturated carbocycles. The van der Waals surface area contributed by atoms with Gasteiger partial charge < -0.3 is 15.0 Å². The molecule has 2 heterocycles. The molecule has 3 aromatic carbocycles. The van der Waals surface area contributed by atoms with Crippen molar-refractivity contribution in [3.63, 3.8) is 0 Å². The second-order valence-corrected chi connectivity index (χ2v) is 9.18. The van der Waals surface area contributed by atoms with Crippen molar-refractivity contribution >= 4 is 18.1 Å². The first-order chi connectivity index (χ1) is 18.3. The summed E-state index contributed by atoms with van der Waals surface area (Å²) >= 11 is 0. The van der Waals surface area contributed by atoms with Crippen molar-refractivity contribution in [2.24, 2.45) is 0 Å². The zero-order valence-corrected chi connectivity index (χ0v) is 22.3. The SMILES string of the molecule is Cl.O=c1n(-c2ccc(CN3CCN(c4ccccc4)CC3)cc2)cnn1CCNCCOc1ccccc1. The molecule has 0 unspecified atom stereocenters. The number of piperazine rings is 1. The van der Waals surface area contributed by atoms with E-state index in [1.165, 1.54) is 15.9 Å². The molecule has 38 heavy (non-hydrogen) atoms. The van der Waals surface area contributed by atoms with Crippen molar-refractivity contribution in [3.05, 3.63) is 107 Å². The predicted molar refractivity (Wildman–Crippen MR) is 154 cm³/mol. The Morgan fingerprint density at radius 2 is 1.47 bits per heavy atom. The number of nitrogens with zero attached hydrogens (tertiary/aromatic N) is 5. The van der Waals surface area contributed by atoms with Crippen LogP contribution in [0.4, 0.5) is 5.69 Å². The maximum absolute atomic E-state index is 12.8. The van der Waals surface area contributed by atoms with Crippen LogP contribution in [0.3, 0.4) is 0 Å². The van der Waals surface area contributed by atoms with Crippen LogP contribution in [0.25, 0.3) is 5.69 Å². The fraction of sp³-hybridized carbons (Fsp3) is 0.310. The Bertz CT molecular complexity index is 1290. The van der Waals surface area contributed by atoms with Gasteiger partial charge in [0.1, 0.15) is 18.7 Å². The van der Waals surface area contributed by atoms with E-state index in [1.807, 2.05) is 42.5 Å². The lowest BCUT2D eigenvalue weighted by molar-refractivity contribution is 0.250. The summed E-state index contributed by atoms with van der Waals surface area (Å²) in [6.07, 6.45) is 1.60. The lowest BCUT2D eigenvalue weighted by atomic mass is 10.1. The molecular formula is C29H35ClN6O2. The average Bonchev–Trinajstić information content (AvgIpc) is 3.32. The molecule has 0 spiro atoms. The number of aromatic nitrogens is 3. The Hall–Kier alpha value is -3.59. The minimum atomic E-state index is -0.132. The molecule has 0 radical (unpaired) electrons. The summed E-state index contributed by atoms with van der Waals surface area (Å²) in [7, 11) is 0. The van der Waals surface area contributed by atoms with E-state index < -0.39 is 0 Å². The third-order valence-corrected chi connectivity index (χ3v) is 6.64. The van der Waals surface area contributed by atoms with Gasteiger partial charge in [-0.25, -0.2) is 14.0 Å². The molecule has 1 fully saturated rings. The monoisotopic (exact) mass is 534 g/mol. The molecule has 9 heteroatoms. The zero-order chi connectivity index (χ0) is 25.3. The molecule has 1 aromatic heterocycles. The van der Waals surface area contributed by atoms with Gasteiger partial charge in [-0.15, -0.1) is 12.4 Å². The van der Waals surface area contributed by atoms with Crippen LogP contribution in [0.1, 0.15) is 5.56 Å². The molecule has 1 aliphatic heterocycles. The maximum atomic E-state index is 12.8. The molecule has 5 rings (SSSR count). The fourth-order valence-corrected chi connectivity index (χ4v) is 4.56. The second-order valence-electron chi connectivity index (χ2n) is 9.18. The summed E-state index contributed by atoms with van der Waals surface area (Å²) in [6.45, 7) is 7.48. The number of rotatable bonds is 11. The zero-order valence-electron chi connectivity index (χ0n) is 21.5. The fourth-order valence-electron chi connectivity index (χ4n) is 4.56. The van der Waals surface area contributed by atoms with E-state index in [1.54, 1.807) is 10.9 Å². The Morgan fingerprint density at radius 3 is 2.18 bits per heavy atom. The van der Waals surface area contributed by atoms with Crippen molar-refractivity contribution in [3.8, 4) is 11.4 Å². The van der Waals surface area contributed by atoms with Crippen molar-refractivity contribution < 1.29 is 4.74 Å². The molecule has 200 valence electrons. The lowest BCUT2D eigenvalue weighted by Crippen LogP contribution is -2.45. The number of anilines is 1. The lowest BCUT2D eigenvalue weighted by Gasteiger charge is -2.36. The molecule has 1 saturated heterocycles. The highest BCUT2D eigenvalue weighted by Crippen LogP contribution is 2.17. The van der Waals surface area contributed by atoms with Gasteiger partial charge in [0.05, 0.1) is 12.2 Å². The molecule has 4 aromatic rings. The van der Waals surface area contributed by atoms with Crippen LogP contribution in [0.2, 0.25) is 0 Å². The van der Waals surface area contributed by atoms with Gasteiger partial charge >= 0.3 is 5.69 Å². The summed E-state index contributed by atoms with van der Waals surface area (Å²) in [5, 5.41) is 7.59. The van der Waals surface area contributed by atoms with Crippen molar-refractivity contribution in [2.75, 3.05) is 50.8 Å². The maximum Gasteiger partial charge on any atom is 0.350 e. The predicted octanol–water partition coefficient (Wildman–Crippen LogP) is 3.45. The standard InChI is InChI=1S/C29H34N6O2.ClH/c36-29-34(24-31-35(29)17-15-30-16-22-37-28-9-5-2-6-10-28)27-13-11-25(12-14-27)23-32-18-20-33(21-19-32)26-7-3-1-4-8-26;/h1-14,24,30H,15-23H2;1H. The Balaban J connectivity index is 0.00000336. The summed E-state index contributed by atoms with van der Waals surface area (Å²) in [5.41, 5.74) is 3.25. The quantitative estimate of drug-likeness (QED) is 0.297. The molecule has 0 bridgehead atoms. The van der Waals surface area contributed by atoms with Gasteiger partial charge in [0, 0.05) is 51.5 Å². The first-order valence-corrected chi connectivity index (χ1v) is 12.9. The van der Waals surface area contributed by atoms with Crippen molar-refractivity contribution in [1.82, 2.24) is 24.6 Å². The number of ether oxygens (including phenoxy) is 1. The van der Waals surface area contributed by atoms with Gasteiger partial charge in [-0.2, -0.15) is 5.10 Å². The number of nitrogens with one attached hydrogen (secondary N) is 1. The third-order valence-electron chi connectivity index (χ3n) is 6.64. The van der Waals surface area contributed by atoms with Gasteiger partial charge in [-0.05, 0) is 42.0 Å². The first kappa shape index (κ1) is 27.4. The number of hydrogen-bond donors (Lipinski definition) is 1. The number of hydrogen-bond acceptors (Lipinski definition) is 6. The molecule has 1 N–H and O–H groups in total. The van der Waals surface area contributed by atoms with E-state index in [-0.39, 0.29) is 18.1 Å². The normalized spacial score (nSPS) is 13.7. The van der Waals surface area contributed by atoms with Crippen LogP contribution in [-0.2, 0) is 13.1 Å². The Kier molecular flexibility index (Phi) is 9.97. The molecule has 0 aliphatic carbocycles. The van der Waals surface area contributed by atoms with E-state index in [4.69, 9.17) is 4.74 Å². The van der Waals surface area contributed by atoms with Crippen molar-refractivity contribution in [1.29, 1.82) is 0 Å². The highest BCUT2D eigenvalue weighted by atomic mass is 35.5. The van der Waals surface area contributed by atoms with Crippen LogP contribution in [0.15, 0.2) is 96.1 Å². The summed E-state index contributed by atoms with van der Waals surface area (Å²) in [4.78, 5) is 17.7. The second kappa shape index (κ2) is 13.8. The summed E-state index contributed by atoms with van der Waals surface area (Å²) in [6, 6.07) is 28.6. The average molecular weight is 535 g/mol. The molecule has 1 aliphatic rings. The Morgan fingerprint density at radius 1 is 0.789 bits per heavy atom.